The van der Waals surface area contributed by atoms with Crippen molar-refractivity contribution in [1.29, 1.82) is 0 Å². The quantitative estimate of drug-likeness (QED) is 0.263. The van der Waals surface area contributed by atoms with Crippen molar-refractivity contribution >= 4 is 29.0 Å². The minimum atomic E-state index is -0.498. The number of thioether (sulfide) groups is 1. The molecule has 0 spiro atoms. The normalized spacial score (nSPS) is 10.4. The molecule has 0 atom stereocenters. The Morgan fingerprint density at radius 2 is 1.80 bits per heavy atom. The fourth-order valence-corrected chi connectivity index (χ4v) is 3.59. The Hall–Kier alpha value is -3.32. The zero-order valence-corrected chi connectivity index (χ0v) is 17.4. The number of ether oxygens (including phenoxy) is 1. The van der Waals surface area contributed by atoms with Crippen LogP contribution in [0.1, 0.15) is 29.3 Å². The van der Waals surface area contributed by atoms with Gasteiger partial charge in [-0.2, -0.15) is 0 Å². The molecular weight excluding hydrogens is 400 g/mol. The summed E-state index contributed by atoms with van der Waals surface area (Å²) in [5.74, 6) is 0.846. The molecule has 0 saturated carbocycles. The van der Waals surface area contributed by atoms with Gasteiger partial charge in [0.1, 0.15) is 18.0 Å². The molecule has 7 heteroatoms. The lowest BCUT2D eigenvalue weighted by Gasteiger charge is -2.12. The fraction of sp³-hybridized carbons (Fsp3) is 0.174. The van der Waals surface area contributed by atoms with E-state index in [1.807, 2.05) is 30.3 Å². The minimum absolute atomic E-state index is 0.146. The summed E-state index contributed by atoms with van der Waals surface area (Å²) in [5.41, 5.74) is 1.31. The smallest absolute Gasteiger partial charge is 0.292 e. The minimum Gasteiger partial charge on any atom is -0.488 e. The predicted octanol–water partition coefficient (Wildman–Crippen LogP) is 5.93. The molecule has 0 heterocycles. The molecule has 0 aromatic heterocycles. The van der Waals surface area contributed by atoms with Crippen molar-refractivity contribution in [2.45, 2.75) is 24.8 Å². The zero-order valence-electron chi connectivity index (χ0n) is 16.5. The first-order valence-corrected chi connectivity index (χ1v) is 10.6. The highest BCUT2D eigenvalue weighted by atomic mass is 32.2. The molecule has 30 heavy (non-hydrogen) atoms. The van der Waals surface area contributed by atoms with Crippen LogP contribution in [0.5, 0.6) is 5.75 Å². The Morgan fingerprint density at radius 3 is 2.53 bits per heavy atom. The van der Waals surface area contributed by atoms with Crippen LogP contribution in [0.4, 0.5) is 11.4 Å². The number of carbonyl (C=O) groups is 1. The Morgan fingerprint density at radius 1 is 1.07 bits per heavy atom. The molecular formula is C23H22N2O4S. The molecule has 0 fully saturated rings. The van der Waals surface area contributed by atoms with Crippen LogP contribution in [0, 0.1) is 10.1 Å². The van der Waals surface area contributed by atoms with E-state index in [-0.39, 0.29) is 11.4 Å². The number of amides is 1. The largest absolute Gasteiger partial charge is 0.488 e. The summed E-state index contributed by atoms with van der Waals surface area (Å²) in [5, 5.41) is 14.1. The maximum atomic E-state index is 12.9. The SMILES string of the molecule is CCCSc1ccc([N+](=O)[O-])c(NC(=O)c2ccccc2OCc2ccccc2)c1. The standard InChI is InChI=1S/C23H22N2O4S/c1-2-14-30-18-12-13-21(25(27)28)20(15-18)24-23(26)19-10-6-7-11-22(19)29-16-17-8-4-3-5-9-17/h3-13,15H,2,14,16H2,1H3,(H,24,26). The second kappa shape index (κ2) is 10.5. The summed E-state index contributed by atoms with van der Waals surface area (Å²) in [6.45, 7) is 2.38. The van der Waals surface area contributed by atoms with Gasteiger partial charge in [0.15, 0.2) is 0 Å². The molecule has 1 amide bonds. The van der Waals surface area contributed by atoms with Gasteiger partial charge < -0.3 is 10.1 Å². The van der Waals surface area contributed by atoms with E-state index in [1.165, 1.54) is 6.07 Å². The lowest BCUT2D eigenvalue weighted by molar-refractivity contribution is -0.384. The van der Waals surface area contributed by atoms with E-state index in [4.69, 9.17) is 4.74 Å². The second-order valence-electron chi connectivity index (χ2n) is 6.51. The van der Waals surface area contributed by atoms with Gasteiger partial charge in [-0.25, -0.2) is 0 Å². The number of carbonyl (C=O) groups excluding carboxylic acids is 1. The number of hydrogen-bond acceptors (Lipinski definition) is 5. The van der Waals surface area contributed by atoms with Crippen molar-refractivity contribution in [1.82, 2.24) is 0 Å². The molecule has 0 bridgehead atoms. The lowest BCUT2D eigenvalue weighted by atomic mass is 10.1. The summed E-state index contributed by atoms with van der Waals surface area (Å²) < 4.78 is 5.84. The number of rotatable bonds is 9. The maximum absolute atomic E-state index is 12.9. The molecule has 6 nitrogen and oxygen atoms in total. The Labute approximate surface area is 179 Å². The highest BCUT2D eigenvalue weighted by molar-refractivity contribution is 7.99. The van der Waals surface area contributed by atoms with Crippen LogP contribution in [-0.4, -0.2) is 16.6 Å². The Bertz CT molecular complexity index is 1020. The third-order valence-corrected chi connectivity index (χ3v) is 5.45. The van der Waals surface area contributed by atoms with Gasteiger partial charge in [-0.3, -0.25) is 14.9 Å². The molecule has 1 N–H and O–H groups in total. The molecule has 0 aliphatic carbocycles. The van der Waals surface area contributed by atoms with E-state index in [9.17, 15) is 14.9 Å². The van der Waals surface area contributed by atoms with E-state index < -0.39 is 10.8 Å². The molecule has 0 unspecified atom stereocenters. The van der Waals surface area contributed by atoms with Gasteiger partial charge in [-0.15, -0.1) is 11.8 Å². The number of anilines is 1. The highest BCUT2D eigenvalue weighted by Gasteiger charge is 2.19. The second-order valence-corrected chi connectivity index (χ2v) is 7.68. The maximum Gasteiger partial charge on any atom is 0.292 e. The van der Waals surface area contributed by atoms with Crippen molar-refractivity contribution in [2.24, 2.45) is 0 Å². The third-order valence-electron chi connectivity index (χ3n) is 4.25. The predicted molar refractivity (Wildman–Crippen MR) is 119 cm³/mol. The van der Waals surface area contributed by atoms with E-state index in [0.717, 1.165) is 22.6 Å². The van der Waals surface area contributed by atoms with E-state index >= 15 is 0 Å². The van der Waals surface area contributed by atoms with Crippen LogP contribution in [0.15, 0.2) is 77.7 Å². The third kappa shape index (κ3) is 5.61. The van der Waals surface area contributed by atoms with E-state index in [1.54, 1.807) is 48.2 Å². The molecule has 0 radical (unpaired) electrons. The molecule has 0 saturated heterocycles. The fourth-order valence-electron chi connectivity index (χ4n) is 2.79. The van der Waals surface area contributed by atoms with Gasteiger partial charge in [0, 0.05) is 11.0 Å². The molecule has 0 aliphatic rings. The van der Waals surface area contributed by atoms with Gasteiger partial charge in [-0.05, 0) is 42.0 Å². The van der Waals surface area contributed by atoms with Crippen LogP contribution in [0.2, 0.25) is 0 Å². The molecule has 0 aliphatic heterocycles. The number of para-hydroxylation sites is 1. The van der Waals surface area contributed by atoms with Gasteiger partial charge in [-0.1, -0.05) is 49.4 Å². The Kier molecular flexibility index (Phi) is 7.45. The number of nitrogens with one attached hydrogen (secondary N) is 1. The summed E-state index contributed by atoms with van der Waals surface area (Å²) in [4.78, 5) is 24.7. The topological polar surface area (TPSA) is 81.5 Å². The van der Waals surface area contributed by atoms with E-state index in [0.29, 0.717) is 17.9 Å². The van der Waals surface area contributed by atoms with Crippen LogP contribution in [0.3, 0.4) is 0 Å². The van der Waals surface area contributed by atoms with Crippen LogP contribution >= 0.6 is 11.8 Å². The number of nitro groups is 1. The lowest BCUT2D eigenvalue weighted by Crippen LogP contribution is -2.14. The van der Waals surface area contributed by atoms with Gasteiger partial charge >= 0.3 is 0 Å². The first-order chi connectivity index (χ1) is 14.6. The monoisotopic (exact) mass is 422 g/mol. The van der Waals surface area contributed by atoms with Crippen LogP contribution in [-0.2, 0) is 6.61 Å². The molecule has 3 aromatic carbocycles. The number of nitro benzene ring substituents is 1. The number of hydrogen-bond donors (Lipinski definition) is 1. The summed E-state index contributed by atoms with van der Waals surface area (Å²) in [6.07, 6.45) is 0.982. The van der Waals surface area contributed by atoms with Crippen molar-refractivity contribution in [3.05, 3.63) is 94.0 Å². The summed E-state index contributed by atoms with van der Waals surface area (Å²) in [7, 11) is 0. The van der Waals surface area contributed by atoms with Crippen molar-refractivity contribution < 1.29 is 14.5 Å². The molecule has 3 aromatic rings. The average Bonchev–Trinajstić information content (AvgIpc) is 2.77. The molecule has 154 valence electrons. The summed E-state index contributed by atoms with van der Waals surface area (Å²) >= 11 is 1.59. The summed E-state index contributed by atoms with van der Waals surface area (Å²) in [6, 6.07) is 21.2. The molecule has 3 rings (SSSR count). The zero-order chi connectivity index (χ0) is 21.3. The van der Waals surface area contributed by atoms with Crippen molar-refractivity contribution in [2.75, 3.05) is 11.1 Å². The van der Waals surface area contributed by atoms with Gasteiger partial charge in [0.2, 0.25) is 0 Å². The Balaban J connectivity index is 1.81. The highest BCUT2D eigenvalue weighted by Crippen LogP contribution is 2.31. The first-order valence-electron chi connectivity index (χ1n) is 9.57. The average molecular weight is 423 g/mol. The van der Waals surface area contributed by atoms with Crippen molar-refractivity contribution in [3.63, 3.8) is 0 Å². The van der Waals surface area contributed by atoms with Gasteiger partial charge in [0.25, 0.3) is 11.6 Å². The van der Waals surface area contributed by atoms with Crippen LogP contribution in [0.25, 0.3) is 0 Å². The van der Waals surface area contributed by atoms with E-state index in [2.05, 4.69) is 12.2 Å². The first kappa shape index (κ1) is 21.4. The van der Waals surface area contributed by atoms with Crippen molar-refractivity contribution in [3.8, 4) is 5.75 Å². The van der Waals surface area contributed by atoms with Gasteiger partial charge in [0.05, 0.1) is 10.5 Å². The number of nitrogens with zero attached hydrogens (tertiary/aromatic N) is 1. The van der Waals surface area contributed by atoms with Crippen LogP contribution < -0.4 is 10.1 Å². The number of benzene rings is 3.